The second-order valence-corrected chi connectivity index (χ2v) is 3.27. The van der Waals surface area contributed by atoms with Crippen LogP contribution in [-0.4, -0.2) is 31.7 Å². The molecule has 15 heavy (non-hydrogen) atoms. The molecule has 76 valence electrons. The van der Waals surface area contributed by atoms with E-state index in [0.717, 1.165) is 11.4 Å². The van der Waals surface area contributed by atoms with Crippen LogP contribution in [-0.2, 0) is 0 Å². The lowest BCUT2D eigenvalue weighted by Gasteiger charge is -2.03. The molecule has 0 aromatic carbocycles. The summed E-state index contributed by atoms with van der Waals surface area (Å²) in [6.45, 7) is 1.88. The molecular weight excluding hydrogens is 193 g/mol. The Kier molecular flexibility index (Phi) is 2.53. The van der Waals surface area contributed by atoms with Crippen LogP contribution < -0.4 is 5.46 Å². The number of pyridine rings is 1. The third-order valence-electron chi connectivity index (χ3n) is 2.05. The molecule has 2 heterocycles. The summed E-state index contributed by atoms with van der Waals surface area (Å²) in [7, 11) is -1.50. The van der Waals surface area contributed by atoms with Gasteiger partial charge in [-0.2, -0.15) is 0 Å². The van der Waals surface area contributed by atoms with Gasteiger partial charge in [0.15, 0.2) is 0 Å². The largest absolute Gasteiger partial charge is 0.490 e. The second-order valence-electron chi connectivity index (χ2n) is 3.27. The molecule has 0 aliphatic heterocycles. The topological polar surface area (TPSA) is 71.2 Å². The van der Waals surface area contributed by atoms with Crippen LogP contribution in [0.2, 0.25) is 0 Å². The summed E-state index contributed by atoms with van der Waals surface area (Å²) in [6.07, 6.45) is 6.54. The molecule has 0 unspecified atom stereocenters. The Morgan fingerprint density at radius 1 is 1.33 bits per heavy atom. The van der Waals surface area contributed by atoms with Gasteiger partial charge < -0.3 is 14.6 Å². The summed E-state index contributed by atoms with van der Waals surface area (Å²) in [4.78, 5) is 8.00. The Balaban J connectivity index is 2.41. The summed E-state index contributed by atoms with van der Waals surface area (Å²) in [5, 5.41) is 18.0. The highest BCUT2D eigenvalue weighted by molar-refractivity contribution is 6.58. The number of aromatic nitrogens is 3. The van der Waals surface area contributed by atoms with Crippen molar-refractivity contribution in [1.82, 2.24) is 14.5 Å². The number of aryl methyl sites for hydroxylation is 1. The van der Waals surface area contributed by atoms with Gasteiger partial charge in [0, 0.05) is 17.9 Å². The molecule has 5 nitrogen and oxygen atoms in total. The Labute approximate surface area is 87.2 Å². The Morgan fingerprint density at radius 3 is 2.73 bits per heavy atom. The number of hydrogen-bond acceptors (Lipinski definition) is 4. The normalized spacial score (nSPS) is 10.3. The van der Waals surface area contributed by atoms with E-state index < -0.39 is 7.12 Å². The van der Waals surface area contributed by atoms with Crippen molar-refractivity contribution >= 4 is 12.6 Å². The molecule has 0 saturated carbocycles. The molecule has 0 aliphatic carbocycles. The molecule has 0 atom stereocenters. The Bertz CT molecular complexity index is 470. The maximum absolute atomic E-state index is 8.99. The molecule has 0 spiro atoms. The average Bonchev–Trinajstić information content (AvgIpc) is 2.65. The zero-order valence-electron chi connectivity index (χ0n) is 8.20. The summed E-state index contributed by atoms with van der Waals surface area (Å²) in [6, 6.07) is 1.65. The lowest BCUT2D eigenvalue weighted by molar-refractivity contribution is 0.425. The summed E-state index contributed by atoms with van der Waals surface area (Å²) < 4.78 is 1.77. The van der Waals surface area contributed by atoms with Crippen LogP contribution in [0.1, 0.15) is 5.69 Å². The van der Waals surface area contributed by atoms with Crippen LogP contribution in [0, 0.1) is 6.92 Å². The maximum atomic E-state index is 8.99. The lowest BCUT2D eigenvalue weighted by atomic mass is 9.81. The van der Waals surface area contributed by atoms with Gasteiger partial charge in [-0.3, -0.25) is 4.98 Å². The van der Waals surface area contributed by atoms with E-state index in [1.165, 1.54) is 6.20 Å². The highest BCUT2D eigenvalue weighted by atomic mass is 16.4. The van der Waals surface area contributed by atoms with Gasteiger partial charge in [0.05, 0.1) is 23.9 Å². The maximum Gasteiger partial charge on any atom is 0.490 e. The van der Waals surface area contributed by atoms with Gasteiger partial charge in [-0.05, 0) is 13.0 Å². The Morgan fingerprint density at radius 2 is 2.13 bits per heavy atom. The minimum absolute atomic E-state index is 0.360. The van der Waals surface area contributed by atoms with E-state index in [1.54, 1.807) is 23.2 Å². The first kappa shape index (κ1) is 9.88. The SMILES string of the molecule is Cc1cn(-c2cncc(B(O)O)c2)cn1. The molecule has 2 rings (SSSR count). The van der Waals surface area contributed by atoms with Crippen LogP contribution in [0.25, 0.3) is 5.69 Å². The van der Waals surface area contributed by atoms with Crippen molar-refractivity contribution < 1.29 is 10.0 Å². The van der Waals surface area contributed by atoms with Crippen molar-refractivity contribution in [3.8, 4) is 5.69 Å². The molecule has 0 aliphatic rings. The van der Waals surface area contributed by atoms with E-state index >= 15 is 0 Å². The third-order valence-corrected chi connectivity index (χ3v) is 2.05. The highest BCUT2D eigenvalue weighted by Crippen LogP contribution is 2.04. The number of nitrogens with zero attached hydrogens (tertiary/aromatic N) is 3. The number of hydrogen-bond donors (Lipinski definition) is 2. The van der Waals surface area contributed by atoms with Gasteiger partial charge in [-0.1, -0.05) is 0 Å². The van der Waals surface area contributed by atoms with Gasteiger partial charge in [0.2, 0.25) is 0 Å². The third kappa shape index (κ3) is 2.06. The average molecular weight is 203 g/mol. The van der Waals surface area contributed by atoms with Crippen LogP contribution in [0.15, 0.2) is 31.0 Å². The van der Waals surface area contributed by atoms with Gasteiger partial charge in [-0.15, -0.1) is 0 Å². The minimum atomic E-state index is -1.50. The summed E-state index contributed by atoms with van der Waals surface area (Å²) in [5.74, 6) is 0. The molecule has 0 saturated heterocycles. The Hall–Kier alpha value is -1.66. The van der Waals surface area contributed by atoms with Crippen molar-refractivity contribution in [2.45, 2.75) is 6.92 Å². The first-order valence-corrected chi connectivity index (χ1v) is 4.49. The zero-order chi connectivity index (χ0) is 10.8. The van der Waals surface area contributed by atoms with E-state index in [9.17, 15) is 0 Å². The highest BCUT2D eigenvalue weighted by Gasteiger charge is 2.11. The van der Waals surface area contributed by atoms with E-state index in [1.807, 2.05) is 13.1 Å². The quantitative estimate of drug-likeness (QED) is 0.630. The van der Waals surface area contributed by atoms with E-state index in [4.69, 9.17) is 10.0 Å². The standard InChI is InChI=1S/C9H10BN3O2/c1-7-5-13(6-12-7)9-2-8(10(14)15)3-11-4-9/h2-6,14-15H,1H3. The van der Waals surface area contributed by atoms with Crippen LogP contribution in [0.5, 0.6) is 0 Å². The molecule has 2 aromatic rings. The molecule has 0 fully saturated rings. The van der Waals surface area contributed by atoms with Crippen LogP contribution >= 0.6 is 0 Å². The van der Waals surface area contributed by atoms with Crippen molar-refractivity contribution in [3.05, 3.63) is 36.7 Å². The van der Waals surface area contributed by atoms with Crippen LogP contribution in [0.3, 0.4) is 0 Å². The molecule has 6 heteroatoms. The number of rotatable bonds is 2. The van der Waals surface area contributed by atoms with Crippen molar-refractivity contribution in [1.29, 1.82) is 0 Å². The van der Waals surface area contributed by atoms with Crippen LogP contribution in [0.4, 0.5) is 0 Å². The first-order valence-electron chi connectivity index (χ1n) is 4.49. The smallest absolute Gasteiger partial charge is 0.423 e. The van der Waals surface area contributed by atoms with Gasteiger partial charge >= 0.3 is 7.12 Å². The fraction of sp³-hybridized carbons (Fsp3) is 0.111. The van der Waals surface area contributed by atoms with E-state index in [2.05, 4.69) is 9.97 Å². The molecular formula is C9H10BN3O2. The molecule has 2 aromatic heterocycles. The molecule has 0 radical (unpaired) electrons. The van der Waals surface area contributed by atoms with Gasteiger partial charge in [0.25, 0.3) is 0 Å². The monoisotopic (exact) mass is 203 g/mol. The first-order chi connectivity index (χ1) is 7.16. The van der Waals surface area contributed by atoms with Gasteiger partial charge in [-0.25, -0.2) is 4.98 Å². The van der Waals surface area contributed by atoms with Crippen molar-refractivity contribution in [3.63, 3.8) is 0 Å². The minimum Gasteiger partial charge on any atom is -0.423 e. The fourth-order valence-electron chi connectivity index (χ4n) is 1.29. The molecule has 2 N–H and O–H groups in total. The molecule has 0 amide bonds. The predicted molar refractivity (Wildman–Crippen MR) is 55.9 cm³/mol. The van der Waals surface area contributed by atoms with Crippen molar-refractivity contribution in [2.75, 3.05) is 0 Å². The number of imidazole rings is 1. The van der Waals surface area contributed by atoms with E-state index in [-0.39, 0.29) is 0 Å². The second kappa shape index (κ2) is 3.84. The summed E-state index contributed by atoms with van der Waals surface area (Å²) in [5.41, 5.74) is 2.00. The molecule has 0 bridgehead atoms. The van der Waals surface area contributed by atoms with E-state index in [0.29, 0.717) is 5.46 Å². The summed E-state index contributed by atoms with van der Waals surface area (Å²) >= 11 is 0. The predicted octanol–water partition coefficient (Wildman–Crippen LogP) is -0.744. The fourth-order valence-corrected chi connectivity index (χ4v) is 1.29. The zero-order valence-corrected chi connectivity index (χ0v) is 8.20. The van der Waals surface area contributed by atoms with Crippen molar-refractivity contribution in [2.24, 2.45) is 0 Å². The lowest BCUT2D eigenvalue weighted by Crippen LogP contribution is -2.30. The van der Waals surface area contributed by atoms with Gasteiger partial charge in [0.1, 0.15) is 0 Å².